The van der Waals surface area contributed by atoms with Crippen molar-refractivity contribution in [2.24, 2.45) is 11.7 Å². The second-order valence-corrected chi connectivity index (χ2v) is 4.70. The molecule has 0 radical (unpaired) electrons. The molecule has 0 aliphatic carbocycles. The van der Waals surface area contributed by atoms with Crippen LogP contribution in [0.25, 0.3) is 0 Å². The SMILES string of the molecule is CCC(N)(CC)CN1CCC(C)C1. The first-order chi connectivity index (χ1) is 6.09. The fourth-order valence-corrected chi connectivity index (χ4v) is 2.09. The van der Waals surface area contributed by atoms with Crippen LogP contribution in [0.2, 0.25) is 0 Å². The average Bonchev–Trinajstić information content (AvgIpc) is 2.51. The van der Waals surface area contributed by atoms with Gasteiger partial charge in [-0.1, -0.05) is 20.8 Å². The highest BCUT2D eigenvalue weighted by molar-refractivity contribution is 4.87. The summed E-state index contributed by atoms with van der Waals surface area (Å²) in [6.45, 7) is 10.3. The lowest BCUT2D eigenvalue weighted by Gasteiger charge is -2.31. The molecule has 0 bridgehead atoms. The van der Waals surface area contributed by atoms with Crippen molar-refractivity contribution in [3.8, 4) is 0 Å². The Balaban J connectivity index is 2.38. The first-order valence-electron chi connectivity index (χ1n) is 5.61. The van der Waals surface area contributed by atoms with Gasteiger partial charge in [-0.25, -0.2) is 0 Å². The normalized spacial score (nSPS) is 25.4. The molecular weight excluding hydrogens is 160 g/mol. The summed E-state index contributed by atoms with van der Waals surface area (Å²) in [5.74, 6) is 0.873. The average molecular weight is 184 g/mol. The summed E-state index contributed by atoms with van der Waals surface area (Å²) in [6.07, 6.45) is 3.53. The van der Waals surface area contributed by atoms with Crippen LogP contribution < -0.4 is 5.73 Å². The molecule has 0 aromatic rings. The number of hydrogen-bond acceptors (Lipinski definition) is 2. The Morgan fingerprint density at radius 2 is 2.00 bits per heavy atom. The van der Waals surface area contributed by atoms with E-state index in [4.69, 9.17) is 5.73 Å². The second kappa shape index (κ2) is 4.43. The minimum Gasteiger partial charge on any atom is -0.324 e. The standard InChI is InChI=1S/C11H24N2/c1-4-11(12,5-2)9-13-7-6-10(3)8-13/h10H,4-9,12H2,1-3H3. The summed E-state index contributed by atoms with van der Waals surface area (Å²) in [4.78, 5) is 2.53. The van der Waals surface area contributed by atoms with Crippen LogP contribution in [0.15, 0.2) is 0 Å². The van der Waals surface area contributed by atoms with Crippen molar-refractivity contribution in [3.63, 3.8) is 0 Å². The summed E-state index contributed by atoms with van der Waals surface area (Å²) in [5.41, 5.74) is 6.34. The molecular formula is C11H24N2. The third-order valence-electron chi connectivity index (χ3n) is 3.45. The van der Waals surface area contributed by atoms with Gasteiger partial charge in [0.1, 0.15) is 0 Å². The van der Waals surface area contributed by atoms with E-state index in [0.29, 0.717) is 0 Å². The Bertz CT molecular complexity index is 152. The van der Waals surface area contributed by atoms with Gasteiger partial charge in [0.15, 0.2) is 0 Å². The molecule has 1 rings (SSSR count). The van der Waals surface area contributed by atoms with E-state index in [9.17, 15) is 0 Å². The van der Waals surface area contributed by atoms with Gasteiger partial charge in [-0.2, -0.15) is 0 Å². The van der Waals surface area contributed by atoms with Crippen molar-refractivity contribution in [3.05, 3.63) is 0 Å². The van der Waals surface area contributed by atoms with E-state index in [1.165, 1.54) is 19.5 Å². The molecule has 78 valence electrons. The third kappa shape index (κ3) is 2.96. The van der Waals surface area contributed by atoms with Gasteiger partial charge in [0.2, 0.25) is 0 Å². The topological polar surface area (TPSA) is 29.3 Å². The fourth-order valence-electron chi connectivity index (χ4n) is 2.09. The van der Waals surface area contributed by atoms with Crippen LogP contribution in [0, 0.1) is 5.92 Å². The number of nitrogens with two attached hydrogens (primary N) is 1. The number of nitrogens with zero attached hydrogens (tertiary/aromatic N) is 1. The molecule has 1 aliphatic heterocycles. The van der Waals surface area contributed by atoms with Crippen LogP contribution in [0.5, 0.6) is 0 Å². The van der Waals surface area contributed by atoms with E-state index in [1.54, 1.807) is 0 Å². The largest absolute Gasteiger partial charge is 0.324 e. The molecule has 0 aromatic heterocycles. The highest BCUT2D eigenvalue weighted by Crippen LogP contribution is 2.20. The maximum Gasteiger partial charge on any atom is 0.0278 e. The van der Waals surface area contributed by atoms with E-state index in [1.807, 2.05) is 0 Å². The molecule has 1 fully saturated rings. The van der Waals surface area contributed by atoms with Crippen molar-refractivity contribution < 1.29 is 0 Å². The Morgan fingerprint density at radius 1 is 1.38 bits per heavy atom. The minimum atomic E-state index is 0.0596. The van der Waals surface area contributed by atoms with Crippen LogP contribution in [0.3, 0.4) is 0 Å². The molecule has 1 aliphatic rings. The summed E-state index contributed by atoms with van der Waals surface area (Å²) in [6, 6.07) is 0. The molecule has 0 saturated carbocycles. The predicted octanol–water partition coefficient (Wildman–Crippen LogP) is 1.85. The van der Waals surface area contributed by atoms with E-state index in [2.05, 4.69) is 25.7 Å². The lowest BCUT2D eigenvalue weighted by Crippen LogP contribution is -2.48. The second-order valence-electron chi connectivity index (χ2n) is 4.70. The van der Waals surface area contributed by atoms with Gasteiger partial charge >= 0.3 is 0 Å². The highest BCUT2D eigenvalue weighted by Gasteiger charge is 2.27. The zero-order valence-electron chi connectivity index (χ0n) is 9.34. The lowest BCUT2D eigenvalue weighted by atomic mass is 9.94. The number of rotatable bonds is 4. The van der Waals surface area contributed by atoms with Gasteiger partial charge < -0.3 is 10.6 Å². The Hall–Kier alpha value is -0.0800. The molecule has 2 heteroatoms. The zero-order valence-corrected chi connectivity index (χ0v) is 9.34. The first kappa shape index (κ1) is 11.0. The van der Waals surface area contributed by atoms with Crippen molar-refractivity contribution in [2.45, 2.75) is 45.6 Å². The Kier molecular flexibility index (Phi) is 3.74. The van der Waals surface area contributed by atoms with Gasteiger partial charge in [0.25, 0.3) is 0 Å². The van der Waals surface area contributed by atoms with Gasteiger partial charge in [-0.15, -0.1) is 0 Å². The molecule has 0 amide bonds. The van der Waals surface area contributed by atoms with Crippen molar-refractivity contribution >= 4 is 0 Å². The van der Waals surface area contributed by atoms with Crippen molar-refractivity contribution in [1.29, 1.82) is 0 Å². The summed E-state index contributed by atoms with van der Waals surface area (Å²) < 4.78 is 0. The van der Waals surface area contributed by atoms with Gasteiger partial charge in [0, 0.05) is 18.6 Å². The van der Waals surface area contributed by atoms with Crippen LogP contribution in [-0.2, 0) is 0 Å². The lowest BCUT2D eigenvalue weighted by molar-refractivity contribution is 0.229. The quantitative estimate of drug-likeness (QED) is 0.722. The molecule has 13 heavy (non-hydrogen) atoms. The van der Waals surface area contributed by atoms with Crippen LogP contribution in [0.4, 0.5) is 0 Å². The van der Waals surface area contributed by atoms with Crippen LogP contribution >= 0.6 is 0 Å². The van der Waals surface area contributed by atoms with Crippen molar-refractivity contribution in [1.82, 2.24) is 4.90 Å². The summed E-state index contributed by atoms with van der Waals surface area (Å²) in [5, 5.41) is 0. The molecule has 1 unspecified atom stereocenters. The first-order valence-corrected chi connectivity index (χ1v) is 5.61. The summed E-state index contributed by atoms with van der Waals surface area (Å²) in [7, 11) is 0. The van der Waals surface area contributed by atoms with E-state index in [-0.39, 0.29) is 5.54 Å². The highest BCUT2D eigenvalue weighted by atomic mass is 15.2. The number of likely N-dealkylation sites (tertiary alicyclic amines) is 1. The Morgan fingerprint density at radius 3 is 2.38 bits per heavy atom. The molecule has 2 N–H and O–H groups in total. The molecule has 0 spiro atoms. The van der Waals surface area contributed by atoms with Gasteiger partial charge in [-0.3, -0.25) is 0 Å². The maximum absolute atomic E-state index is 6.28. The van der Waals surface area contributed by atoms with E-state index in [0.717, 1.165) is 25.3 Å². The molecule has 1 saturated heterocycles. The smallest absolute Gasteiger partial charge is 0.0278 e. The molecule has 1 heterocycles. The predicted molar refractivity (Wildman–Crippen MR) is 57.7 cm³/mol. The fraction of sp³-hybridized carbons (Fsp3) is 1.00. The van der Waals surface area contributed by atoms with Crippen molar-refractivity contribution in [2.75, 3.05) is 19.6 Å². The third-order valence-corrected chi connectivity index (χ3v) is 3.45. The maximum atomic E-state index is 6.28. The van der Waals surface area contributed by atoms with Gasteiger partial charge in [0.05, 0.1) is 0 Å². The van der Waals surface area contributed by atoms with Crippen LogP contribution in [0.1, 0.15) is 40.0 Å². The molecule has 1 atom stereocenters. The van der Waals surface area contributed by atoms with Crippen LogP contribution in [-0.4, -0.2) is 30.1 Å². The van der Waals surface area contributed by atoms with E-state index < -0.39 is 0 Å². The minimum absolute atomic E-state index is 0.0596. The Labute approximate surface area is 82.5 Å². The zero-order chi connectivity index (χ0) is 9.90. The molecule has 0 aromatic carbocycles. The van der Waals surface area contributed by atoms with E-state index >= 15 is 0 Å². The summed E-state index contributed by atoms with van der Waals surface area (Å²) >= 11 is 0. The molecule has 2 nitrogen and oxygen atoms in total. The monoisotopic (exact) mass is 184 g/mol. The van der Waals surface area contributed by atoms with Gasteiger partial charge in [-0.05, 0) is 31.7 Å². The number of hydrogen-bond donors (Lipinski definition) is 1.